The predicted molar refractivity (Wildman–Crippen MR) is 122 cm³/mol. The maximum atomic E-state index is 13.1. The zero-order chi connectivity index (χ0) is 22.5. The molecular weight excluding hydrogens is 392 g/mol. The fourth-order valence-corrected chi connectivity index (χ4v) is 4.39. The molecule has 0 saturated carbocycles. The Morgan fingerprint density at radius 1 is 1.06 bits per heavy atom. The molecule has 31 heavy (non-hydrogen) atoms. The number of ether oxygens (including phenoxy) is 3. The van der Waals surface area contributed by atoms with Crippen LogP contribution in [0.25, 0.3) is 0 Å². The third-order valence-electron chi connectivity index (χ3n) is 6.14. The van der Waals surface area contributed by atoms with Gasteiger partial charge in [-0.15, -0.1) is 0 Å². The number of fused-ring (bicyclic) bond motifs is 1. The maximum Gasteiger partial charge on any atom is 0.251 e. The van der Waals surface area contributed by atoms with Crippen molar-refractivity contribution in [3.8, 4) is 17.2 Å². The van der Waals surface area contributed by atoms with Crippen LogP contribution < -0.4 is 19.5 Å². The van der Waals surface area contributed by atoms with E-state index in [-0.39, 0.29) is 23.9 Å². The molecule has 2 aromatic carbocycles. The molecule has 1 N–H and O–H groups in total. The molecule has 0 bridgehead atoms. The molecule has 168 valence electrons. The Labute approximate surface area is 185 Å². The van der Waals surface area contributed by atoms with E-state index in [0.717, 1.165) is 31.0 Å². The summed E-state index contributed by atoms with van der Waals surface area (Å²) in [6, 6.07) is 11.4. The highest BCUT2D eigenvalue weighted by atomic mass is 16.5. The van der Waals surface area contributed by atoms with E-state index in [1.54, 1.807) is 33.5 Å². The highest BCUT2D eigenvalue weighted by Crippen LogP contribution is 2.40. The van der Waals surface area contributed by atoms with Crippen LogP contribution in [-0.2, 0) is 6.42 Å². The molecule has 1 aliphatic heterocycles. The average molecular weight is 427 g/mol. The lowest BCUT2D eigenvalue weighted by atomic mass is 9.83. The van der Waals surface area contributed by atoms with Crippen molar-refractivity contribution < 1.29 is 19.0 Å². The van der Waals surface area contributed by atoms with Gasteiger partial charge in [-0.25, -0.2) is 0 Å². The van der Waals surface area contributed by atoms with E-state index in [1.807, 2.05) is 12.1 Å². The number of hydrogen-bond acceptors (Lipinski definition) is 5. The third-order valence-corrected chi connectivity index (χ3v) is 6.14. The van der Waals surface area contributed by atoms with E-state index >= 15 is 0 Å². The lowest BCUT2D eigenvalue weighted by molar-refractivity contribution is 0.0834. The zero-order valence-electron chi connectivity index (χ0n) is 19.4. The quantitative estimate of drug-likeness (QED) is 0.689. The number of amides is 1. The molecule has 0 saturated heterocycles. The molecule has 2 unspecified atom stereocenters. The SMILES string of the molecule is CCN1CCc2cc(OC)c(OC)cc2C1C(NC(=O)c1ccc(OC)cc1)C(C)C. The summed E-state index contributed by atoms with van der Waals surface area (Å²) in [6.07, 6.45) is 0.942. The number of rotatable bonds is 8. The second-order valence-electron chi connectivity index (χ2n) is 8.20. The van der Waals surface area contributed by atoms with Crippen molar-refractivity contribution in [1.29, 1.82) is 0 Å². The summed E-state index contributed by atoms with van der Waals surface area (Å²) in [7, 11) is 4.94. The first-order valence-corrected chi connectivity index (χ1v) is 10.9. The van der Waals surface area contributed by atoms with Gasteiger partial charge in [0.2, 0.25) is 0 Å². The Hall–Kier alpha value is -2.73. The van der Waals surface area contributed by atoms with Crippen molar-refractivity contribution in [1.82, 2.24) is 10.2 Å². The molecule has 6 nitrogen and oxygen atoms in total. The van der Waals surface area contributed by atoms with Crippen molar-refractivity contribution in [3.63, 3.8) is 0 Å². The summed E-state index contributed by atoms with van der Waals surface area (Å²) in [6.45, 7) is 8.32. The van der Waals surface area contributed by atoms with Gasteiger partial charge < -0.3 is 19.5 Å². The van der Waals surface area contributed by atoms with Gasteiger partial charge in [0.15, 0.2) is 11.5 Å². The number of nitrogens with one attached hydrogen (secondary N) is 1. The number of benzene rings is 2. The molecule has 1 aliphatic rings. The molecule has 0 spiro atoms. The second kappa shape index (κ2) is 10.1. The van der Waals surface area contributed by atoms with Crippen LogP contribution in [0.1, 0.15) is 48.3 Å². The fourth-order valence-electron chi connectivity index (χ4n) is 4.39. The smallest absolute Gasteiger partial charge is 0.251 e. The molecule has 2 atom stereocenters. The van der Waals surface area contributed by atoms with E-state index in [9.17, 15) is 4.79 Å². The molecular formula is C25H34N2O4. The molecule has 0 fully saturated rings. The van der Waals surface area contributed by atoms with Gasteiger partial charge >= 0.3 is 0 Å². The topological polar surface area (TPSA) is 60.0 Å². The van der Waals surface area contributed by atoms with Crippen LogP contribution in [0.15, 0.2) is 36.4 Å². The molecule has 1 heterocycles. The van der Waals surface area contributed by atoms with Gasteiger partial charge in [-0.2, -0.15) is 0 Å². The molecule has 0 aromatic heterocycles. The minimum Gasteiger partial charge on any atom is -0.497 e. The second-order valence-corrected chi connectivity index (χ2v) is 8.20. The Morgan fingerprint density at radius 3 is 2.26 bits per heavy atom. The molecule has 3 rings (SSSR count). The van der Waals surface area contributed by atoms with Gasteiger partial charge in [0.1, 0.15) is 5.75 Å². The number of methoxy groups -OCH3 is 3. The van der Waals surface area contributed by atoms with Crippen LogP contribution in [0, 0.1) is 5.92 Å². The monoisotopic (exact) mass is 426 g/mol. The van der Waals surface area contributed by atoms with Gasteiger partial charge in [-0.1, -0.05) is 20.8 Å². The van der Waals surface area contributed by atoms with Gasteiger partial charge in [0.25, 0.3) is 5.91 Å². The zero-order valence-corrected chi connectivity index (χ0v) is 19.4. The molecule has 0 radical (unpaired) electrons. The largest absolute Gasteiger partial charge is 0.497 e. The van der Waals surface area contributed by atoms with Gasteiger partial charge in [0, 0.05) is 12.1 Å². The highest BCUT2D eigenvalue weighted by molar-refractivity contribution is 5.94. The van der Waals surface area contributed by atoms with Crippen LogP contribution in [0.4, 0.5) is 0 Å². The van der Waals surface area contributed by atoms with Crippen molar-refractivity contribution in [2.75, 3.05) is 34.4 Å². The number of carbonyl (C=O) groups excluding carboxylic acids is 1. The number of hydrogen-bond donors (Lipinski definition) is 1. The average Bonchev–Trinajstić information content (AvgIpc) is 2.80. The van der Waals surface area contributed by atoms with Gasteiger partial charge in [-0.05, 0) is 66.4 Å². The summed E-state index contributed by atoms with van der Waals surface area (Å²) >= 11 is 0. The van der Waals surface area contributed by atoms with Gasteiger partial charge in [-0.3, -0.25) is 9.69 Å². The highest BCUT2D eigenvalue weighted by Gasteiger charge is 2.36. The number of likely N-dealkylation sites (N-methyl/N-ethyl adjacent to an activating group) is 1. The maximum absolute atomic E-state index is 13.1. The summed E-state index contributed by atoms with van der Waals surface area (Å²) in [5, 5.41) is 3.32. The van der Waals surface area contributed by atoms with Crippen molar-refractivity contribution in [3.05, 3.63) is 53.1 Å². The first-order valence-electron chi connectivity index (χ1n) is 10.9. The van der Waals surface area contributed by atoms with E-state index in [4.69, 9.17) is 14.2 Å². The van der Waals surface area contributed by atoms with E-state index in [0.29, 0.717) is 11.3 Å². The lowest BCUT2D eigenvalue weighted by Crippen LogP contribution is -2.51. The Kier molecular flexibility index (Phi) is 7.44. The fraction of sp³-hybridized carbons (Fsp3) is 0.480. The third kappa shape index (κ3) is 4.79. The summed E-state index contributed by atoms with van der Waals surface area (Å²) in [4.78, 5) is 15.6. The Bertz CT molecular complexity index is 895. The summed E-state index contributed by atoms with van der Waals surface area (Å²) in [5.74, 6) is 2.35. The van der Waals surface area contributed by atoms with Crippen molar-refractivity contribution in [2.24, 2.45) is 5.92 Å². The van der Waals surface area contributed by atoms with Crippen LogP contribution >= 0.6 is 0 Å². The first kappa shape index (κ1) is 22.9. The van der Waals surface area contributed by atoms with Crippen LogP contribution in [-0.4, -0.2) is 51.3 Å². The summed E-state index contributed by atoms with van der Waals surface area (Å²) in [5.41, 5.74) is 3.06. The predicted octanol–water partition coefficient (Wildman–Crippen LogP) is 4.09. The molecule has 0 aliphatic carbocycles. The van der Waals surface area contributed by atoms with Crippen molar-refractivity contribution in [2.45, 2.75) is 39.3 Å². The minimum atomic E-state index is -0.0787. The van der Waals surface area contributed by atoms with Crippen LogP contribution in [0.3, 0.4) is 0 Å². The van der Waals surface area contributed by atoms with Crippen LogP contribution in [0.2, 0.25) is 0 Å². The minimum absolute atomic E-state index is 0.0516. The van der Waals surface area contributed by atoms with Crippen molar-refractivity contribution >= 4 is 5.91 Å². The van der Waals surface area contributed by atoms with Crippen LogP contribution in [0.5, 0.6) is 17.2 Å². The molecule has 6 heteroatoms. The number of carbonyl (C=O) groups is 1. The van der Waals surface area contributed by atoms with Gasteiger partial charge in [0.05, 0.1) is 33.4 Å². The summed E-state index contributed by atoms with van der Waals surface area (Å²) < 4.78 is 16.3. The normalized spacial score (nSPS) is 17.1. The first-order chi connectivity index (χ1) is 14.9. The standard InChI is InChI=1S/C25H34N2O4/c1-7-27-13-12-18-14-21(30-5)22(31-6)15-20(18)24(27)23(16(2)3)26-25(28)17-8-10-19(29-4)11-9-17/h8-11,14-16,23-24H,7,12-13H2,1-6H3,(H,26,28). The van der Waals surface area contributed by atoms with E-state index < -0.39 is 0 Å². The lowest BCUT2D eigenvalue weighted by Gasteiger charge is -2.43. The van der Waals surface area contributed by atoms with E-state index in [2.05, 4.69) is 43.1 Å². The Morgan fingerprint density at radius 2 is 1.71 bits per heavy atom. The van der Waals surface area contributed by atoms with E-state index in [1.165, 1.54) is 11.1 Å². The number of nitrogens with zero attached hydrogens (tertiary/aromatic N) is 1. The Balaban J connectivity index is 1.97. The molecule has 1 amide bonds. The molecule has 2 aromatic rings.